The highest BCUT2D eigenvalue weighted by molar-refractivity contribution is 6.43. The third-order valence-electron chi connectivity index (χ3n) is 4.59. The van der Waals surface area contributed by atoms with Crippen LogP contribution in [0.2, 0.25) is 10.0 Å². The third-order valence-corrected chi connectivity index (χ3v) is 5.40. The van der Waals surface area contributed by atoms with Crippen molar-refractivity contribution in [3.8, 4) is 0 Å². The van der Waals surface area contributed by atoms with Gasteiger partial charge in [0.2, 0.25) is 0 Å². The molecule has 2 aliphatic heterocycles. The van der Waals surface area contributed by atoms with Gasteiger partial charge in [0.15, 0.2) is 0 Å². The summed E-state index contributed by atoms with van der Waals surface area (Å²) in [5.41, 5.74) is 1.12. The molecular weight excluding hydrogens is 279 g/mol. The second-order valence-electron chi connectivity index (χ2n) is 5.68. The first-order chi connectivity index (χ1) is 9.20. The summed E-state index contributed by atoms with van der Waals surface area (Å²) in [7, 11) is 2.07. The summed E-state index contributed by atoms with van der Waals surface area (Å²) in [5, 5.41) is 4.82. The van der Waals surface area contributed by atoms with Crippen molar-refractivity contribution in [3.63, 3.8) is 0 Å². The Morgan fingerprint density at radius 2 is 1.84 bits per heavy atom. The first kappa shape index (κ1) is 13.5. The number of nitrogens with one attached hydrogen (secondary N) is 1. The van der Waals surface area contributed by atoms with Gasteiger partial charge in [-0.25, -0.2) is 0 Å². The molecule has 19 heavy (non-hydrogen) atoms. The van der Waals surface area contributed by atoms with Gasteiger partial charge in [0.05, 0.1) is 15.7 Å². The van der Waals surface area contributed by atoms with Crippen LogP contribution < -0.4 is 10.2 Å². The molecule has 0 saturated carbocycles. The summed E-state index contributed by atoms with van der Waals surface area (Å²) in [4.78, 5) is 2.53. The molecule has 1 aromatic carbocycles. The van der Waals surface area contributed by atoms with Crippen LogP contribution in [-0.2, 0) is 0 Å². The first-order valence-corrected chi connectivity index (χ1v) is 7.86. The summed E-state index contributed by atoms with van der Waals surface area (Å²) < 4.78 is 0. The average Bonchev–Trinajstić information content (AvgIpc) is 2.40. The van der Waals surface area contributed by atoms with E-state index in [4.69, 9.17) is 23.2 Å². The Morgan fingerprint density at radius 1 is 1.16 bits per heavy atom. The largest absolute Gasteiger partial charge is 0.364 e. The van der Waals surface area contributed by atoms with Crippen LogP contribution >= 0.6 is 23.2 Å². The van der Waals surface area contributed by atoms with Gasteiger partial charge in [-0.05, 0) is 51.3 Å². The zero-order valence-corrected chi connectivity index (χ0v) is 12.7. The topological polar surface area (TPSA) is 15.3 Å². The third kappa shape index (κ3) is 2.46. The van der Waals surface area contributed by atoms with Gasteiger partial charge in [-0.3, -0.25) is 0 Å². The van der Waals surface area contributed by atoms with E-state index in [9.17, 15) is 0 Å². The second-order valence-corrected chi connectivity index (χ2v) is 6.46. The summed E-state index contributed by atoms with van der Waals surface area (Å²) in [6, 6.07) is 7.82. The van der Waals surface area contributed by atoms with Gasteiger partial charge in [0.1, 0.15) is 0 Å². The fourth-order valence-electron chi connectivity index (χ4n) is 3.70. The zero-order valence-electron chi connectivity index (χ0n) is 11.2. The predicted molar refractivity (Wildman–Crippen MR) is 82.4 cm³/mol. The van der Waals surface area contributed by atoms with Gasteiger partial charge >= 0.3 is 0 Å². The van der Waals surface area contributed by atoms with E-state index in [2.05, 4.69) is 23.3 Å². The van der Waals surface area contributed by atoms with E-state index in [0.717, 1.165) is 5.69 Å². The van der Waals surface area contributed by atoms with Crippen molar-refractivity contribution in [1.82, 2.24) is 5.32 Å². The van der Waals surface area contributed by atoms with Gasteiger partial charge in [0.25, 0.3) is 0 Å². The number of benzene rings is 1. The van der Waals surface area contributed by atoms with E-state index < -0.39 is 0 Å². The molecule has 2 saturated heterocycles. The lowest BCUT2D eigenvalue weighted by molar-refractivity contribution is 0.252. The maximum atomic E-state index is 6.42. The molecule has 2 nitrogen and oxygen atoms in total. The van der Waals surface area contributed by atoms with Gasteiger partial charge in [-0.1, -0.05) is 29.3 Å². The Labute approximate surface area is 125 Å². The van der Waals surface area contributed by atoms with E-state index in [1.165, 1.54) is 32.1 Å². The highest BCUT2D eigenvalue weighted by Crippen LogP contribution is 2.42. The second kappa shape index (κ2) is 5.51. The number of fused-ring (bicyclic) bond motifs is 2. The molecule has 0 aromatic heterocycles. The monoisotopic (exact) mass is 298 g/mol. The maximum Gasteiger partial charge on any atom is 0.0825 e. The van der Waals surface area contributed by atoms with Crippen molar-refractivity contribution in [2.75, 3.05) is 11.9 Å². The number of nitrogens with zero attached hydrogens (tertiary/aromatic N) is 1. The SMILES string of the molecule is CNC1CC2CCCC(C1)N2c1cccc(Cl)c1Cl. The molecule has 2 atom stereocenters. The smallest absolute Gasteiger partial charge is 0.0825 e. The number of halogens is 2. The molecule has 2 heterocycles. The molecule has 1 aromatic rings. The number of rotatable bonds is 2. The first-order valence-electron chi connectivity index (χ1n) is 7.10. The lowest BCUT2D eigenvalue weighted by atomic mass is 9.81. The summed E-state index contributed by atoms with van der Waals surface area (Å²) in [6.45, 7) is 0. The minimum absolute atomic E-state index is 0.598. The van der Waals surface area contributed by atoms with Gasteiger partial charge in [-0.2, -0.15) is 0 Å². The van der Waals surface area contributed by atoms with Crippen LogP contribution in [0.15, 0.2) is 18.2 Å². The Kier molecular flexibility index (Phi) is 3.93. The lowest BCUT2D eigenvalue weighted by Gasteiger charge is -2.50. The molecule has 0 spiro atoms. The van der Waals surface area contributed by atoms with Crippen LogP contribution in [0.1, 0.15) is 32.1 Å². The summed E-state index contributed by atoms with van der Waals surface area (Å²) in [6.07, 6.45) is 6.27. The van der Waals surface area contributed by atoms with E-state index in [1.807, 2.05) is 12.1 Å². The summed E-state index contributed by atoms with van der Waals surface area (Å²) in [5.74, 6) is 0. The van der Waals surface area contributed by atoms with Crippen molar-refractivity contribution in [3.05, 3.63) is 28.2 Å². The van der Waals surface area contributed by atoms with Crippen LogP contribution in [0.5, 0.6) is 0 Å². The molecule has 2 fully saturated rings. The molecule has 104 valence electrons. The maximum absolute atomic E-state index is 6.42. The van der Waals surface area contributed by atoms with Gasteiger partial charge < -0.3 is 10.2 Å². The van der Waals surface area contributed by atoms with Crippen molar-refractivity contribution in [2.45, 2.75) is 50.2 Å². The minimum Gasteiger partial charge on any atom is -0.364 e. The van der Waals surface area contributed by atoms with E-state index >= 15 is 0 Å². The highest BCUT2D eigenvalue weighted by atomic mass is 35.5. The molecule has 1 N–H and O–H groups in total. The summed E-state index contributed by atoms with van der Waals surface area (Å²) >= 11 is 12.6. The normalized spacial score (nSPS) is 30.5. The molecule has 4 heteroatoms. The minimum atomic E-state index is 0.598. The van der Waals surface area contributed by atoms with E-state index in [0.29, 0.717) is 28.2 Å². The molecule has 0 aliphatic carbocycles. The molecule has 2 unspecified atom stereocenters. The number of anilines is 1. The van der Waals surface area contributed by atoms with Gasteiger partial charge in [0, 0.05) is 18.1 Å². The average molecular weight is 299 g/mol. The lowest BCUT2D eigenvalue weighted by Crippen LogP contribution is -2.56. The zero-order chi connectivity index (χ0) is 13.4. The molecular formula is C15H20Cl2N2. The fourth-order valence-corrected chi connectivity index (χ4v) is 4.10. The Balaban J connectivity index is 1.94. The van der Waals surface area contributed by atoms with Crippen LogP contribution in [-0.4, -0.2) is 25.2 Å². The van der Waals surface area contributed by atoms with Crippen LogP contribution in [0.3, 0.4) is 0 Å². The van der Waals surface area contributed by atoms with Crippen molar-refractivity contribution >= 4 is 28.9 Å². The predicted octanol–water partition coefficient (Wildman–Crippen LogP) is 4.10. The van der Waals surface area contributed by atoms with Crippen molar-refractivity contribution in [2.24, 2.45) is 0 Å². The number of piperidine rings is 2. The van der Waals surface area contributed by atoms with E-state index in [1.54, 1.807) is 0 Å². The van der Waals surface area contributed by atoms with Crippen molar-refractivity contribution in [1.29, 1.82) is 0 Å². The molecule has 0 radical (unpaired) electrons. The molecule has 0 amide bonds. The van der Waals surface area contributed by atoms with Gasteiger partial charge in [-0.15, -0.1) is 0 Å². The van der Waals surface area contributed by atoms with Crippen LogP contribution in [0.25, 0.3) is 0 Å². The van der Waals surface area contributed by atoms with Crippen LogP contribution in [0, 0.1) is 0 Å². The highest BCUT2D eigenvalue weighted by Gasteiger charge is 2.38. The quantitative estimate of drug-likeness (QED) is 0.884. The fraction of sp³-hybridized carbons (Fsp3) is 0.600. The Bertz CT molecular complexity index is 449. The Morgan fingerprint density at radius 3 is 2.47 bits per heavy atom. The van der Waals surface area contributed by atoms with Crippen LogP contribution in [0.4, 0.5) is 5.69 Å². The number of hydrogen-bond donors (Lipinski definition) is 1. The molecule has 2 bridgehead atoms. The van der Waals surface area contributed by atoms with E-state index in [-0.39, 0.29) is 0 Å². The molecule has 2 aliphatic rings. The van der Waals surface area contributed by atoms with Crippen molar-refractivity contribution < 1.29 is 0 Å². The standard InChI is InChI=1S/C15H20Cl2N2/c1-18-10-8-11-4-2-5-12(9-10)19(11)14-7-3-6-13(16)15(14)17/h3,6-7,10-12,18H,2,4-5,8-9H2,1H3. The number of hydrogen-bond acceptors (Lipinski definition) is 2. The Hall–Kier alpha value is -0.440. The molecule has 3 rings (SSSR count).